The molecule has 0 spiro atoms. The molecule has 2 atom stereocenters. The summed E-state index contributed by atoms with van der Waals surface area (Å²) in [5.74, 6) is 2.51. The normalized spacial score (nSPS) is 21.9. The van der Waals surface area contributed by atoms with E-state index in [2.05, 4.69) is 69.3 Å². The summed E-state index contributed by atoms with van der Waals surface area (Å²) < 4.78 is 1.58. The van der Waals surface area contributed by atoms with Crippen molar-refractivity contribution in [2.45, 2.75) is 27.7 Å². The number of fused-ring (bicyclic) bond motifs is 1. The lowest BCUT2D eigenvalue weighted by Gasteiger charge is -2.12. The Morgan fingerprint density at radius 2 is 1.50 bits per heavy atom. The Bertz CT molecular complexity index is 1100. The lowest BCUT2D eigenvalue weighted by atomic mass is 9.97. The molecule has 138 valence electrons. The van der Waals surface area contributed by atoms with Gasteiger partial charge in [-0.05, 0) is 36.1 Å². The molecule has 0 saturated heterocycles. The summed E-state index contributed by atoms with van der Waals surface area (Å²) in [6.07, 6.45) is 0. The molecule has 1 heterocycles. The summed E-state index contributed by atoms with van der Waals surface area (Å²) in [5, 5.41) is 24.0. The first-order chi connectivity index (χ1) is 13.4. The quantitative estimate of drug-likeness (QED) is 0.450. The maximum absolute atomic E-state index is 9.58. The van der Waals surface area contributed by atoms with E-state index >= 15 is 0 Å². The minimum Gasteiger partial charge on any atom is -0.757 e. The molecule has 4 rings (SSSR count). The molecule has 0 radical (unpaired) electrons. The Kier molecular flexibility index (Phi) is 4.14. The molecule has 28 heavy (non-hydrogen) atoms. The minimum atomic E-state index is 0.00124. The van der Waals surface area contributed by atoms with E-state index in [-0.39, 0.29) is 22.9 Å². The van der Waals surface area contributed by atoms with Gasteiger partial charge in [-0.15, -0.1) is 0 Å². The largest absolute Gasteiger partial charge is 0.757 e. The number of nitrogens with zero attached hydrogens (tertiary/aromatic N) is 4. The van der Waals surface area contributed by atoms with E-state index < -0.39 is 0 Å². The van der Waals surface area contributed by atoms with Crippen LogP contribution >= 0.6 is 0 Å². The number of hydrogen-bond donors (Lipinski definition) is 0. The number of hydrogen-bond acceptors (Lipinski definition) is 2. The van der Waals surface area contributed by atoms with Gasteiger partial charge in [-0.2, -0.15) is 11.1 Å². The van der Waals surface area contributed by atoms with Crippen molar-refractivity contribution in [3.63, 3.8) is 0 Å². The van der Waals surface area contributed by atoms with Crippen LogP contribution in [0.15, 0.2) is 59.3 Å². The molecule has 1 aliphatic heterocycles. The van der Waals surface area contributed by atoms with Crippen molar-refractivity contribution in [2.24, 2.45) is 22.4 Å². The third kappa shape index (κ3) is 2.72. The first-order valence-electron chi connectivity index (χ1n) is 9.45. The Balaban J connectivity index is 1.98. The summed E-state index contributed by atoms with van der Waals surface area (Å²) in [6, 6.07) is 18.6. The van der Waals surface area contributed by atoms with Crippen LogP contribution in [0, 0.1) is 42.4 Å². The minimum absolute atomic E-state index is 0.00124. The van der Waals surface area contributed by atoms with Crippen molar-refractivity contribution >= 4 is 17.3 Å². The second kappa shape index (κ2) is 6.41. The number of benzene rings is 2. The average molecular weight is 366 g/mol. The Morgan fingerprint density at radius 1 is 0.964 bits per heavy atom. The monoisotopic (exact) mass is 366 g/mol. The van der Waals surface area contributed by atoms with Crippen LogP contribution in [0.4, 0.5) is 0 Å². The van der Waals surface area contributed by atoms with Gasteiger partial charge in [0.05, 0.1) is 5.92 Å². The highest BCUT2D eigenvalue weighted by atomic mass is 15.4. The highest BCUT2D eigenvalue weighted by Crippen LogP contribution is 2.62. The van der Waals surface area contributed by atoms with Gasteiger partial charge >= 0.3 is 5.70 Å². The van der Waals surface area contributed by atoms with Crippen LogP contribution < -0.4 is 0 Å². The summed E-state index contributed by atoms with van der Waals surface area (Å²) in [6.45, 7) is 8.58. The van der Waals surface area contributed by atoms with Crippen molar-refractivity contribution in [2.75, 3.05) is 0 Å². The van der Waals surface area contributed by atoms with Gasteiger partial charge in [-0.25, -0.2) is 0 Å². The van der Waals surface area contributed by atoms with Crippen LogP contribution in [0.5, 0.6) is 0 Å². The number of nitriles is 1. The third-order valence-electron chi connectivity index (χ3n) is 5.97. The molecule has 0 amide bonds. The Morgan fingerprint density at radius 3 is 2.00 bits per heavy atom. The molecular weight excluding hydrogens is 344 g/mol. The van der Waals surface area contributed by atoms with Crippen LogP contribution in [-0.4, -0.2) is 22.0 Å². The fraction of sp³-hybridized carbons (Fsp3) is 0.292. The van der Waals surface area contributed by atoms with Crippen LogP contribution in [0.25, 0.3) is 5.41 Å². The van der Waals surface area contributed by atoms with Crippen molar-refractivity contribution in [3.8, 4) is 6.07 Å². The lowest BCUT2D eigenvalue weighted by Crippen LogP contribution is -2.28. The predicted octanol–water partition coefficient (Wildman–Crippen LogP) is 4.44. The molecule has 2 aromatic rings. The molecule has 4 nitrogen and oxygen atoms in total. The summed E-state index contributed by atoms with van der Waals surface area (Å²) >= 11 is 0. The molecule has 0 bridgehead atoms. The second-order valence-corrected chi connectivity index (χ2v) is 8.26. The van der Waals surface area contributed by atoms with Crippen molar-refractivity contribution in [1.82, 2.24) is 0 Å². The molecule has 2 aliphatic rings. The molecule has 1 fully saturated rings. The Labute approximate surface area is 165 Å². The standard InChI is InChI=1S/C24H22N4/c1-15-5-9-17(10-6-15)22-20-21(24(20,3)4)23(18-11-7-16(2)8-12-18)28(27-22)19(13-25)14-26/h5-12,20-21H,1-4H3/t20-,21+/m1/s1. The third-order valence-corrected chi connectivity index (χ3v) is 5.97. The topological polar surface area (TPSA) is 61.5 Å². The van der Waals surface area contributed by atoms with Gasteiger partial charge in [0, 0.05) is 22.1 Å². The van der Waals surface area contributed by atoms with E-state index in [0.29, 0.717) is 0 Å². The van der Waals surface area contributed by atoms with E-state index in [9.17, 15) is 10.7 Å². The lowest BCUT2D eigenvalue weighted by molar-refractivity contribution is -0.476. The van der Waals surface area contributed by atoms with Crippen molar-refractivity contribution < 1.29 is 4.68 Å². The zero-order chi connectivity index (χ0) is 20.1. The van der Waals surface area contributed by atoms with E-state index in [1.54, 1.807) is 4.68 Å². The molecule has 0 aromatic heterocycles. The van der Waals surface area contributed by atoms with Gasteiger partial charge in [0.1, 0.15) is 5.71 Å². The van der Waals surface area contributed by atoms with E-state index in [4.69, 9.17) is 5.10 Å². The summed E-state index contributed by atoms with van der Waals surface area (Å²) in [5.41, 5.74) is 6.34. The predicted molar refractivity (Wildman–Crippen MR) is 112 cm³/mol. The second-order valence-electron chi connectivity index (χ2n) is 8.26. The zero-order valence-electron chi connectivity index (χ0n) is 16.6. The van der Waals surface area contributed by atoms with Crippen molar-refractivity contribution in [1.29, 1.82) is 5.26 Å². The molecule has 2 aromatic carbocycles. The van der Waals surface area contributed by atoms with Crippen LogP contribution in [0.2, 0.25) is 0 Å². The van der Waals surface area contributed by atoms with Gasteiger partial charge in [-0.1, -0.05) is 61.4 Å². The highest BCUT2D eigenvalue weighted by molar-refractivity contribution is 6.13. The molecule has 1 aliphatic carbocycles. The molecule has 0 N–H and O–H groups in total. The first kappa shape index (κ1) is 18.1. The molecule has 0 unspecified atom stereocenters. The van der Waals surface area contributed by atoms with Crippen LogP contribution in [0.3, 0.4) is 0 Å². The van der Waals surface area contributed by atoms with Gasteiger partial charge in [0.2, 0.25) is 5.71 Å². The van der Waals surface area contributed by atoms with Gasteiger partial charge in [-0.3, -0.25) is 0 Å². The maximum Gasteiger partial charge on any atom is 0.335 e. The molecule has 4 heteroatoms. The summed E-state index contributed by atoms with van der Waals surface area (Å²) in [7, 11) is 0. The fourth-order valence-electron chi connectivity index (χ4n) is 4.29. The van der Waals surface area contributed by atoms with Crippen molar-refractivity contribution in [3.05, 3.63) is 81.9 Å². The van der Waals surface area contributed by atoms with Crippen LogP contribution in [0.1, 0.15) is 36.1 Å². The van der Waals surface area contributed by atoms with Crippen LogP contribution in [-0.2, 0) is 0 Å². The Hall–Kier alpha value is -3.28. The number of aryl methyl sites for hydroxylation is 2. The molecular formula is C24H22N4. The SMILES string of the molecule is Cc1ccc(C2=N[N+](C(=C=[N-])C#N)=C(c3ccc(C)cc3)[C@@H]3[C@H]2C3(C)C)cc1. The number of rotatable bonds is 3. The van der Waals surface area contributed by atoms with E-state index in [0.717, 1.165) is 22.6 Å². The smallest absolute Gasteiger partial charge is 0.335 e. The zero-order valence-corrected chi connectivity index (χ0v) is 16.6. The van der Waals surface area contributed by atoms with E-state index in [1.807, 2.05) is 18.9 Å². The fourth-order valence-corrected chi connectivity index (χ4v) is 4.29. The highest BCUT2D eigenvalue weighted by Gasteiger charge is 2.68. The van der Waals surface area contributed by atoms with Gasteiger partial charge < -0.3 is 5.41 Å². The molecule has 1 saturated carbocycles. The maximum atomic E-state index is 9.58. The number of hydrazone groups is 1. The average Bonchev–Trinajstić information content (AvgIpc) is 3.26. The summed E-state index contributed by atoms with van der Waals surface area (Å²) in [4.78, 5) is 0. The first-order valence-corrected chi connectivity index (χ1v) is 9.45. The van der Waals surface area contributed by atoms with Gasteiger partial charge in [0.25, 0.3) is 0 Å². The van der Waals surface area contributed by atoms with E-state index in [1.165, 1.54) is 11.1 Å². The number of allylic oxidation sites excluding steroid dienone is 1. The van der Waals surface area contributed by atoms with Gasteiger partial charge in [0.15, 0.2) is 6.07 Å².